The molecule has 0 saturated carbocycles. The SMILES string of the molecule is CN(C)C(=O)OC1CCC[N+](C)(CCC[N+]2(C)CCCC(OC(=O)N(C)C)C2)C1. The molecule has 0 aromatic carbocycles. The first kappa shape index (κ1) is 23.7. The Labute approximate surface area is 176 Å². The van der Waals surface area contributed by atoms with Crippen LogP contribution in [0.4, 0.5) is 9.59 Å². The first-order valence-electron chi connectivity index (χ1n) is 10.9. The van der Waals surface area contributed by atoms with Crippen molar-refractivity contribution in [1.82, 2.24) is 9.80 Å². The van der Waals surface area contributed by atoms with Crippen molar-refractivity contribution in [3.63, 3.8) is 0 Å². The third-order valence-corrected chi connectivity index (χ3v) is 6.40. The number of likely N-dealkylation sites (N-methyl/N-ethyl adjacent to an activating group) is 2. The second-order valence-corrected chi connectivity index (χ2v) is 9.94. The van der Waals surface area contributed by atoms with E-state index in [0.29, 0.717) is 0 Å². The zero-order valence-electron chi connectivity index (χ0n) is 19.4. The summed E-state index contributed by atoms with van der Waals surface area (Å²) in [4.78, 5) is 26.8. The highest BCUT2D eigenvalue weighted by Gasteiger charge is 2.36. The Bertz CT molecular complexity index is 523. The van der Waals surface area contributed by atoms with Crippen LogP contribution in [0.3, 0.4) is 0 Å². The van der Waals surface area contributed by atoms with Gasteiger partial charge in [-0.2, -0.15) is 0 Å². The van der Waals surface area contributed by atoms with Gasteiger partial charge >= 0.3 is 12.2 Å². The second-order valence-electron chi connectivity index (χ2n) is 9.94. The topological polar surface area (TPSA) is 59.1 Å². The zero-order valence-corrected chi connectivity index (χ0v) is 19.4. The summed E-state index contributed by atoms with van der Waals surface area (Å²) in [6.45, 7) is 6.25. The summed E-state index contributed by atoms with van der Waals surface area (Å²) in [5, 5.41) is 0. The molecule has 2 aliphatic rings. The molecule has 0 N–H and O–H groups in total. The van der Waals surface area contributed by atoms with E-state index in [1.54, 1.807) is 28.2 Å². The van der Waals surface area contributed by atoms with E-state index in [9.17, 15) is 9.59 Å². The molecule has 29 heavy (non-hydrogen) atoms. The van der Waals surface area contributed by atoms with Crippen LogP contribution in [0.5, 0.6) is 0 Å². The highest BCUT2D eigenvalue weighted by molar-refractivity contribution is 5.67. The molecule has 0 spiro atoms. The number of hydrogen-bond donors (Lipinski definition) is 0. The lowest BCUT2D eigenvalue weighted by molar-refractivity contribution is -0.935. The van der Waals surface area contributed by atoms with Gasteiger partial charge in [0.1, 0.15) is 13.1 Å². The Kier molecular flexibility index (Phi) is 8.17. The fourth-order valence-electron chi connectivity index (χ4n) is 4.68. The average molecular weight is 415 g/mol. The van der Waals surface area contributed by atoms with Crippen molar-refractivity contribution in [2.45, 2.75) is 44.3 Å². The summed E-state index contributed by atoms with van der Waals surface area (Å²) < 4.78 is 13.2. The van der Waals surface area contributed by atoms with Crippen LogP contribution < -0.4 is 0 Å². The summed E-state index contributed by atoms with van der Waals surface area (Å²) in [5.74, 6) is 0. The van der Waals surface area contributed by atoms with E-state index in [2.05, 4.69) is 14.1 Å². The number of likely N-dealkylation sites (tertiary alicyclic amines) is 2. The molecular formula is C21H42N4O4+2. The largest absolute Gasteiger partial charge is 0.440 e. The molecule has 0 aliphatic carbocycles. The van der Waals surface area contributed by atoms with Gasteiger partial charge in [0.25, 0.3) is 0 Å². The highest BCUT2D eigenvalue weighted by Crippen LogP contribution is 2.23. The number of ether oxygens (including phenoxy) is 2. The molecule has 4 atom stereocenters. The van der Waals surface area contributed by atoms with Gasteiger partial charge in [0.05, 0.1) is 40.3 Å². The molecule has 4 unspecified atom stereocenters. The molecule has 8 heteroatoms. The minimum Gasteiger partial charge on any atom is -0.440 e. The monoisotopic (exact) mass is 414 g/mol. The first-order valence-corrected chi connectivity index (χ1v) is 10.9. The minimum absolute atomic E-state index is 0.0123. The molecule has 0 bridgehead atoms. The van der Waals surface area contributed by atoms with E-state index < -0.39 is 0 Å². The predicted molar refractivity (Wildman–Crippen MR) is 113 cm³/mol. The van der Waals surface area contributed by atoms with Crippen LogP contribution in [0.25, 0.3) is 0 Å². The first-order chi connectivity index (χ1) is 13.5. The molecule has 2 fully saturated rings. The molecule has 0 aromatic rings. The highest BCUT2D eigenvalue weighted by atomic mass is 16.6. The van der Waals surface area contributed by atoms with Gasteiger partial charge in [-0.25, -0.2) is 9.59 Å². The lowest BCUT2D eigenvalue weighted by atomic mass is 10.0. The summed E-state index contributed by atoms with van der Waals surface area (Å²) in [5.41, 5.74) is 0. The third-order valence-electron chi connectivity index (χ3n) is 6.40. The van der Waals surface area contributed by atoms with E-state index in [0.717, 1.165) is 80.3 Å². The molecule has 0 aromatic heterocycles. The number of nitrogens with zero attached hydrogens (tertiary/aromatic N) is 4. The van der Waals surface area contributed by atoms with Crippen LogP contribution in [0.15, 0.2) is 0 Å². The summed E-state index contributed by atoms with van der Waals surface area (Å²) in [6.07, 6.45) is 4.76. The Morgan fingerprint density at radius 3 is 1.52 bits per heavy atom. The normalized spacial score (nSPS) is 32.3. The number of amides is 2. The maximum atomic E-state index is 11.9. The summed E-state index contributed by atoms with van der Waals surface area (Å²) in [7, 11) is 11.5. The third kappa shape index (κ3) is 7.33. The predicted octanol–water partition coefficient (Wildman–Crippen LogP) is 1.99. The fraction of sp³-hybridized carbons (Fsp3) is 0.905. The van der Waals surface area contributed by atoms with E-state index >= 15 is 0 Å². The van der Waals surface area contributed by atoms with Crippen LogP contribution in [0.2, 0.25) is 0 Å². The second kappa shape index (κ2) is 9.98. The van der Waals surface area contributed by atoms with E-state index in [4.69, 9.17) is 9.47 Å². The van der Waals surface area contributed by atoms with E-state index in [-0.39, 0.29) is 24.4 Å². The van der Waals surface area contributed by atoms with Gasteiger partial charge < -0.3 is 28.2 Å². The van der Waals surface area contributed by atoms with Crippen molar-refractivity contribution in [3.05, 3.63) is 0 Å². The zero-order chi connectivity index (χ0) is 21.7. The van der Waals surface area contributed by atoms with Crippen LogP contribution in [0.1, 0.15) is 32.1 Å². The number of quaternary nitrogens is 2. The minimum atomic E-state index is -0.242. The summed E-state index contributed by atoms with van der Waals surface area (Å²) >= 11 is 0. The number of carbonyl (C=O) groups is 2. The molecule has 2 heterocycles. The molecule has 168 valence electrons. The Morgan fingerprint density at radius 2 is 1.17 bits per heavy atom. The van der Waals surface area contributed by atoms with Gasteiger partial charge in [-0.1, -0.05) is 0 Å². The maximum absolute atomic E-state index is 11.9. The summed E-state index contributed by atoms with van der Waals surface area (Å²) in [6, 6.07) is 0. The van der Waals surface area contributed by atoms with Crippen molar-refractivity contribution in [3.8, 4) is 0 Å². The van der Waals surface area contributed by atoms with Crippen molar-refractivity contribution in [1.29, 1.82) is 0 Å². The lowest BCUT2D eigenvalue weighted by Gasteiger charge is -2.43. The van der Waals surface area contributed by atoms with Crippen LogP contribution >= 0.6 is 0 Å². The molecule has 2 saturated heterocycles. The number of rotatable bonds is 6. The van der Waals surface area contributed by atoms with E-state index in [1.165, 1.54) is 9.80 Å². The van der Waals surface area contributed by atoms with Crippen molar-refractivity contribution < 1.29 is 28.0 Å². The Balaban J connectivity index is 1.81. The van der Waals surface area contributed by atoms with Crippen molar-refractivity contribution >= 4 is 12.2 Å². The van der Waals surface area contributed by atoms with Gasteiger partial charge in [-0.3, -0.25) is 0 Å². The molecule has 2 aliphatic heterocycles. The molecule has 2 amide bonds. The van der Waals surface area contributed by atoms with Crippen LogP contribution in [0, 0.1) is 0 Å². The van der Waals surface area contributed by atoms with Gasteiger partial charge in [0.15, 0.2) is 12.2 Å². The molecule has 8 nitrogen and oxygen atoms in total. The van der Waals surface area contributed by atoms with Gasteiger partial charge in [0, 0.05) is 47.5 Å². The average Bonchev–Trinajstić information content (AvgIpc) is 2.61. The van der Waals surface area contributed by atoms with E-state index in [1.807, 2.05) is 0 Å². The number of piperidine rings is 2. The van der Waals surface area contributed by atoms with Gasteiger partial charge in [0.2, 0.25) is 0 Å². The number of carbonyl (C=O) groups excluding carboxylic acids is 2. The fourth-order valence-corrected chi connectivity index (χ4v) is 4.68. The molecular weight excluding hydrogens is 372 g/mol. The molecule has 0 radical (unpaired) electrons. The van der Waals surface area contributed by atoms with Gasteiger partial charge in [-0.15, -0.1) is 0 Å². The van der Waals surface area contributed by atoms with Crippen LogP contribution in [-0.2, 0) is 9.47 Å². The number of hydrogen-bond acceptors (Lipinski definition) is 4. The Hall–Kier alpha value is -1.54. The smallest absolute Gasteiger partial charge is 0.409 e. The lowest BCUT2D eigenvalue weighted by Crippen LogP contribution is -2.57. The molecule has 2 rings (SSSR count). The van der Waals surface area contributed by atoms with Crippen molar-refractivity contribution in [2.75, 3.05) is 81.6 Å². The standard InChI is InChI=1S/C21H42N4O4/c1-22(2)20(26)28-18-10-7-12-24(5,16-18)14-9-15-25(6)13-8-11-19(17-25)29-21(27)23(3)4/h18-19H,7-17H2,1-6H3/q+2. The van der Waals surface area contributed by atoms with Gasteiger partial charge in [-0.05, 0) is 12.8 Å². The quantitative estimate of drug-likeness (QED) is 0.624. The van der Waals surface area contributed by atoms with Crippen LogP contribution in [-0.4, -0.2) is 125 Å². The maximum Gasteiger partial charge on any atom is 0.409 e. The van der Waals surface area contributed by atoms with Crippen molar-refractivity contribution in [2.24, 2.45) is 0 Å². The Morgan fingerprint density at radius 1 is 0.793 bits per heavy atom.